The van der Waals surface area contributed by atoms with E-state index in [-0.39, 0.29) is 16.9 Å². The molecule has 1 saturated carbocycles. The first kappa shape index (κ1) is 19.5. The molecule has 0 radical (unpaired) electrons. The topological polar surface area (TPSA) is 56.6 Å². The molecule has 0 amide bonds. The molecule has 0 spiro atoms. The molecule has 0 heterocycles. The van der Waals surface area contributed by atoms with Crippen LogP contribution in [0.3, 0.4) is 0 Å². The number of allylic oxidation sites excluding steroid dienone is 1. The maximum atomic E-state index is 10.8. The smallest absolute Gasteiger partial charge is 0.161 e. The van der Waals surface area contributed by atoms with E-state index >= 15 is 0 Å². The molecule has 1 aliphatic carbocycles. The third-order valence-corrected chi connectivity index (χ3v) is 5.18. The second-order valence-electron chi connectivity index (χ2n) is 6.71. The van der Waals surface area contributed by atoms with Crippen LogP contribution in [0, 0.1) is 10.8 Å². The molecule has 0 aromatic carbocycles. The number of aliphatic hydroxyl groups excluding tert-OH is 1. The predicted molar refractivity (Wildman–Crippen MR) is 92.3 cm³/mol. The van der Waals surface area contributed by atoms with Crippen LogP contribution in [-0.4, -0.2) is 40.2 Å². The average molecular weight is 331 g/mol. The number of rotatable bonds is 8. The summed E-state index contributed by atoms with van der Waals surface area (Å²) in [5.74, 6) is 0. The Labute approximate surface area is 140 Å². The molecule has 4 atom stereocenters. The molecule has 0 aromatic rings. The zero-order chi connectivity index (χ0) is 16.8. The van der Waals surface area contributed by atoms with E-state index in [0.29, 0.717) is 0 Å². The van der Waals surface area contributed by atoms with Crippen LogP contribution in [0.1, 0.15) is 59.8 Å². The molecule has 22 heavy (non-hydrogen) atoms. The van der Waals surface area contributed by atoms with Crippen LogP contribution in [0.5, 0.6) is 0 Å². The Kier molecular flexibility index (Phi) is 7.87. The first-order valence-corrected chi connectivity index (χ1v) is 8.69. The van der Waals surface area contributed by atoms with E-state index in [4.69, 9.17) is 21.7 Å². The zero-order valence-electron chi connectivity index (χ0n) is 14.3. The normalized spacial score (nSPS) is 25.9. The summed E-state index contributed by atoms with van der Waals surface area (Å²) in [6, 6.07) is 0. The Bertz CT molecular complexity index is 374. The minimum atomic E-state index is -0.707. The van der Waals surface area contributed by atoms with Crippen molar-refractivity contribution in [2.24, 2.45) is 5.41 Å². The molecule has 4 nitrogen and oxygen atoms in total. The van der Waals surface area contributed by atoms with Crippen molar-refractivity contribution in [3.63, 3.8) is 0 Å². The zero-order valence-corrected chi connectivity index (χ0v) is 15.0. The van der Waals surface area contributed by atoms with Crippen molar-refractivity contribution < 1.29 is 9.84 Å². The second kappa shape index (κ2) is 8.90. The van der Waals surface area contributed by atoms with Crippen molar-refractivity contribution in [3.05, 3.63) is 12.3 Å². The fourth-order valence-electron chi connectivity index (χ4n) is 2.66. The fourth-order valence-corrected chi connectivity index (χ4v) is 3.00. The van der Waals surface area contributed by atoms with Gasteiger partial charge in [0.25, 0.3) is 0 Å². The first-order valence-electron chi connectivity index (χ1n) is 8.25. The summed E-state index contributed by atoms with van der Waals surface area (Å²) in [6.07, 6.45) is 8.34. The summed E-state index contributed by atoms with van der Waals surface area (Å²) >= 11 is 6.40. The first-order chi connectivity index (χ1) is 10.4. The molecule has 2 N–H and O–H groups in total. The molecule has 0 aliphatic heterocycles. The van der Waals surface area contributed by atoms with E-state index in [0.717, 1.165) is 32.1 Å². The molecule has 4 unspecified atom stereocenters. The third kappa shape index (κ3) is 4.97. The lowest BCUT2D eigenvalue weighted by atomic mass is 9.82. The molecule has 128 valence electrons. The number of nitrogens with zero attached hydrogens (tertiary/aromatic N) is 1. The van der Waals surface area contributed by atoms with E-state index in [9.17, 15) is 5.11 Å². The molecular formula is C17H31ClN2O2. The van der Waals surface area contributed by atoms with Gasteiger partial charge in [-0.25, -0.2) is 0 Å². The highest BCUT2D eigenvalue weighted by Gasteiger charge is 2.38. The lowest BCUT2D eigenvalue weighted by Crippen LogP contribution is -2.51. The van der Waals surface area contributed by atoms with Gasteiger partial charge in [0.2, 0.25) is 0 Å². The molecular weight excluding hydrogens is 300 g/mol. The van der Waals surface area contributed by atoms with Gasteiger partial charge in [-0.2, -0.15) is 0 Å². The highest BCUT2D eigenvalue weighted by molar-refractivity contribution is 6.21. The average Bonchev–Trinajstić information content (AvgIpc) is 2.51. The predicted octanol–water partition coefficient (Wildman–Crippen LogP) is 4.12. The number of hydrogen-bond donors (Lipinski definition) is 2. The van der Waals surface area contributed by atoms with Crippen LogP contribution in [0.25, 0.3) is 0 Å². The van der Waals surface area contributed by atoms with Crippen molar-refractivity contribution >= 4 is 17.9 Å². The Morgan fingerprint density at radius 2 is 2.05 bits per heavy atom. The van der Waals surface area contributed by atoms with Crippen LogP contribution < -0.4 is 0 Å². The van der Waals surface area contributed by atoms with Gasteiger partial charge >= 0.3 is 0 Å². The summed E-state index contributed by atoms with van der Waals surface area (Å²) in [6.45, 7) is 7.97. The highest BCUT2D eigenvalue weighted by Crippen LogP contribution is 2.33. The van der Waals surface area contributed by atoms with Crippen molar-refractivity contribution in [1.82, 2.24) is 4.90 Å². The minimum absolute atomic E-state index is 0.0219. The standard InChI is InChI=1S/C17H31ClN2O2/c1-5-11-20(12-19)16(15(21)17(3,4)6-2)22-14-10-8-7-9-13(14)18/h5,11-16,19,21H,6-10H2,1-4H3/b11-5-,19-12?. The second-order valence-corrected chi connectivity index (χ2v) is 7.27. The largest absolute Gasteiger partial charge is 0.388 e. The van der Waals surface area contributed by atoms with Crippen molar-refractivity contribution in [3.8, 4) is 0 Å². The van der Waals surface area contributed by atoms with Crippen molar-refractivity contribution in [2.45, 2.75) is 83.6 Å². The number of halogens is 1. The number of aliphatic hydroxyl groups is 1. The Hall–Kier alpha value is -0.580. The van der Waals surface area contributed by atoms with Crippen molar-refractivity contribution in [1.29, 1.82) is 5.41 Å². The summed E-state index contributed by atoms with van der Waals surface area (Å²) in [4.78, 5) is 1.63. The molecule has 0 aromatic heterocycles. The molecule has 0 bridgehead atoms. The van der Waals surface area contributed by atoms with E-state index in [1.54, 1.807) is 11.1 Å². The van der Waals surface area contributed by atoms with E-state index in [1.807, 2.05) is 26.8 Å². The van der Waals surface area contributed by atoms with Crippen LogP contribution in [-0.2, 0) is 4.74 Å². The molecule has 0 saturated heterocycles. The lowest BCUT2D eigenvalue weighted by Gasteiger charge is -2.41. The summed E-state index contributed by atoms with van der Waals surface area (Å²) in [5.41, 5.74) is -0.302. The van der Waals surface area contributed by atoms with Gasteiger partial charge in [-0.1, -0.05) is 39.7 Å². The number of nitrogens with one attached hydrogen (secondary N) is 1. The Morgan fingerprint density at radius 1 is 1.41 bits per heavy atom. The monoisotopic (exact) mass is 330 g/mol. The van der Waals surface area contributed by atoms with Gasteiger partial charge in [0.05, 0.1) is 17.8 Å². The number of alkyl halides is 1. The summed E-state index contributed by atoms with van der Waals surface area (Å²) in [5, 5.41) is 18.5. The minimum Gasteiger partial charge on any atom is -0.388 e. The van der Waals surface area contributed by atoms with E-state index in [2.05, 4.69) is 6.92 Å². The van der Waals surface area contributed by atoms with Gasteiger partial charge in [0.1, 0.15) is 6.10 Å². The van der Waals surface area contributed by atoms with Crippen LogP contribution in [0.4, 0.5) is 0 Å². The van der Waals surface area contributed by atoms with Gasteiger partial charge in [-0.15, -0.1) is 11.6 Å². The maximum absolute atomic E-state index is 10.8. The van der Waals surface area contributed by atoms with Gasteiger partial charge < -0.3 is 14.7 Å². The quantitative estimate of drug-likeness (QED) is 0.304. The molecule has 1 aliphatic rings. The Balaban J connectivity index is 2.96. The van der Waals surface area contributed by atoms with Crippen LogP contribution >= 0.6 is 11.6 Å². The molecule has 1 fully saturated rings. The maximum Gasteiger partial charge on any atom is 0.161 e. The number of ether oxygens (including phenoxy) is 1. The van der Waals surface area contributed by atoms with E-state index in [1.165, 1.54) is 6.34 Å². The molecule has 1 rings (SSSR count). The molecule has 5 heteroatoms. The van der Waals surface area contributed by atoms with Crippen molar-refractivity contribution in [2.75, 3.05) is 0 Å². The SMILES string of the molecule is C/C=C\N(C=N)C(OC1CCCCC1Cl)C(O)C(C)(C)CC. The summed E-state index contributed by atoms with van der Waals surface area (Å²) < 4.78 is 6.20. The van der Waals surface area contributed by atoms with Gasteiger partial charge in [-0.3, -0.25) is 5.41 Å². The summed E-state index contributed by atoms with van der Waals surface area (Å²) in [7, 11) is 0. The van der Waals surface area contributed by atoms with Crippen LogP contribution in [0.2, 0.25) is 0 Å². The third-order valence-electron chi connectivity index (χ3n) is 4.68. The van der Waals surface area contributed by atoms with Crippen LogP contribution in [0.15, 0.2) is 12.3 Å². The number of hydrogen-bond acceptors (Lipinski definition) is 3. The Morgan fingerprint density at radius 3 is 2.55 bits per heavy atom. The van der Waals surface area contributed by atoms with Gasteiger partial charge in [0.15, 0.2) is 6.23 Å². The lowest BCUT2D eigenvalue weighted by molar-refractivity contribution is -0.157. The fraction of sp³-hybridized carbons (Fsp3) is 0.824. The van der Waals surface area contributed by atoms with E-state index < -0.39 is 12.3 Å². The highest BCUT2D eigenvalue weighted by atomic mass is 35.5. The van der Waals surface area contributed by atoms with Gasteiger partial charge in [-0.05, 0) is 31.6 Å². The van der Waals surface area contributed by atoms with Gasteiger partial charge in [0, 0.05) is 6.20 Å².